The summed E-state index contributed by atoms with van der Waals surface area (Å²) in [6.07, 6.45) is 1.90. The lowest BCUT2D eigenvalue weighted by atomic mass is 10.2. The number of amides is 1. The third-order valence-electron chi connectivity index (χ3n) is 3.37. The normalized spacial score (nSPS) is 12.3. The van der Waals surface area contributed by atoms with Gasteiger partial charge in [0.05, 0.1) is 22.3 Å². The van der Waals surface area contributed by atoms with Gasteiger partial charge in [0.1, 0.15) is 0 Å². The van der Waals surface area contributed by atoms with E-state index in [2.05, 4.69) is 20.6 Å². The highest BCUT2D eigenvalue weighted by Gasteiger charge is 2.16. The Kier molecular flexibility index (Phi) is 4.06. The fourth-order valence-corrected chi connectivity index (χ4v) is 2.82. The minimum absolute atomic E-state index is 0.165. The van der Waals surface area contributed by atoms with Crippen molar-refractivity contribution in [2.75, 3.05) is 0 Å². The first kappa shape index (κ1) is 14.5. The number of hydrogen-bond acceptors (Lipinski definition) is 4. The van der Waals surface area contributed by atoms with E-state index in [1.807, 2.05) is 48.3 Å². The van der Waals surface area contributed by atoms with E-state index in [9.17, 15) is 4.79 Å². The third kappa shape index (κ3) is 2.94. The van der Waals surface area contributed by atoms with Gasteiger partial charge in [-0.2, -0.15) is 10.2 Å². The predicted molar refractivity (Wildman–Crippen MR) is 85.7 cm³/mol. The fraction of sp³-hybridized carbons (Fsp3) is 0.267. The van der Waals surface area contributed by atoms with E-state index in [1.54, 1.807) is 17.4 Å². The number of hydrogen-bond donors (Lipinski definition) is 2. The van der Waals surface area contributed by atoms with E-state index in [1.165, 1.54) is 0 Å². The van der Waals surface area contributed by atoms with Crippen molar-refractivity contribution in [3.63, 3.8) is 0 Å². The van der Waals surface area contributed by atoms with Crippen LogP contribution in [0, 0.1) is 0 Å². The Morgan fingerprint density at radius 3 is 3.05 bits per heavy atom. The quantitative estimate of drug-likeness (QED) is 0.760. The van der Waals surface area contributed by atoms with Gasteiger partial charge in [0, 0.05) is 12.7 Å². The van der Waals surface area contributed by atoms with E-state index in [-0.39, 0.29) is 11.9 Å². The van der Waals surface area contributed by atoms with Gasteiger partial charge < -0.3 is 5.32 Å². The predicted octanol–water partition coefficient (Wildman–Crippen LogP) is 2.85. The molecule has 22 heavy (non-hydrogen) atoms. The molecule has 0 fully saturated rings. The number of aryl methyl sites for hydroxylation is 1. The van der Waals surface area contributed by atoms with Crippen LogP contribution in [0.3, 0.4) is 0 Å². The molecule has 0 aliphatic carbocycles. The molecule has 0 saturated carbocycles. The van der Waals surface area contributed by atoms with Gasteiger partial charge >= 0.3 is 0 Å². The zero-order chi connectivity index (χ0) is 15.5. The van der Waals surface area contributed by atoms with Gasteiger partial charge in [0.15, 0.2) is 5.69 Å². The van der Waals surface area contributed by atoms with Crippen LogP contribution in [0.25, 0.3) is 10.6 Å². The molecule has 1 amide bonds. The first-order chi connectivity index (χ1) is 10.7. The van der Waals surface area contributed by atoms with Gasteiger partial charge in [-0.1, -0.05) is 6.07 Å². The minimum atomic E-state index is -0.211. The standard InChI is InChI=1S/C15H17N5OS/c1-3-20-7-6-11(19-20)10(2)16-15(21)13-9-12(17-18-13)14-5-4-8-22-14/h4-10H,3H2,1-2H3,(H,16,21)(H,17,18). The summed E-state index contributed by atoms with van der Waals surface area (Å²) in [5, 5.41) is 16.3. The molecule has 3 heterocycles. The number of carbonyl (C=O) groups is 1. The zero-order valence-corrected chi connectivity index (χ0v) is 13.2. The first-order valence-electron chi connectivity index (χ1n) is 7.11. The molecule has 0 saturated heterocycles. The van der Waals surface area contributed by atoms with Crippen molar-refractivity contribution >= 4 is 17.2 Å². The van der Waals surface area contributed by atoms with Gasteiger partial charge in [-0.15, -0.1) is 11.3 Å². The maximum Gasteiger partial charge on any atom is 0.272 e. The van der Waals surface area contributed by atoms with Crippen LogP contribution in [0.2, 0.25) is 0 Å². The molecule has 114 valence electrons. The lowest BCUT2D eigenvalue weighted by Crippen LogP contribution is -2.27. The van der Waals surface area contributed by atoms with Crippen LogP contribution in [0.5, 0.6) is 0 Å². The summed E-state index contributed by atoms with van der Waals surface area (Å²) < 4.78 is 1.83. The van der Waals surface area contributed by atoms with Crippen LogP contribution in [-0.4, -0.2) is 25.9 Å². The van der Waals surface area contributed by atoms with E-state index in [0.29, 0.717) is 5.69 Å². The molecule has 1 atom stereocenters. The molecule has 0 bridgehead atoms. The summed E-state index contributed by atoms with van der Waals surface area (Å²) in [7, 11) is 0. The summed E-state index contributed by atoms with van der Waals surface area (Å²) in [6, 6.07) is 7.46. The number of aromatic amines is 1. The van der Waals surface area contributed by atoms with Gasteiger partial charge in [0.2, 0.25) is 0 Å². The Balaban J connectivity index is 1.69. The highest BCUT2D eigenvalue weighted by Crippen LogP contribution is 2.23. The van der Waals surface area contributed by atoms with Crippen LogP contribution in [0.15, 0.2) is 35.8 Å². The molecule has 3 aromatic rings. The first-order valence-corrected chi connectivity index (χ1v) is 7.99. The number of thiophene rings is 1. The highest BCUT2D eigenvalue weighted by molar-refractivity contribution is 7.13. The molecule has 3 aromatic heterocycles. The van der Waals surface area contributed by atoms with E-state index >= 15 is 0 Å². The Labute approximate surface area is 132 Å². The Bertz CT molecular complexity index is 759. The van der Waals surface area contributed by atoms with Crippen molar-refractivity contribution in [1.82, 2.24) is 25.3 Å². The number of carbonyl (C=O) groups excluding carboxylic acids is 1. The number of H-pyrrole nitrogens is 1. The van der Waals surface area contributed by atoms with E-state index in [0.717, 1.165) is 22.8 Å². The zero-order valence-electron chi connectivity index (χ0n) is 12.4. The smallest absolute Gasteiger partial charge is 0.272 e. The third-order valence-corrected chi connectivity index (χ3v) is 4.28. The Hall–Kier alpha value is -2.41. The van der Waals surface area contributed by atoms with Crippen molar-refractivity contribution in [3.05, 3.63) is 47.2 Å². The van der Waals surface area contributed by atoms with Crippen LogP contribution in [-0.2, 0) is 6.54 Å². The molecular weight excluding hydrogens is 298 g/mol. The number of rotatable bonds is 5. The average Bonchev–Trinajstić information content (AvgIpc) is 3.25. The second-order valence-electron chi connectivity index (χ2n) is 4.94. The molecule has 0 radical (unpaired) electrons. The van der Waals surface area contributed by atoms with Crippen LogP contribution in [0.1, 0.15) is 36.1 Å². The second-order valence-corrected chi connectivity index (χ2v) is 5.88. The SMILES string of the molecule is CCn1ccc(C(C)NC(=O)c2cc(-c3cccs3)[nH]n2)n1. The van der Waals surface area contributed by atoms with Crippen molar-refractivity contribution in [2.24, 2.45) is 0 Å². The maximum absolute atomic E-state index is 12.3. The molecule has 1 unspecified atom stereocenters. The second kappa shape index (κ2) is 6.15. The van der Waals surface area contributed by atoms with Crippen molar-refractivity contribution < 1.29 is 4.79 Å². The van der Waals surface area contributed by atoms with Crippen LogP contribution >= 0.6 is 11.3 Å². The monoisotopic (exact) mass is 315 g/mol. The molecule has 7 heteroatoms. The molecule has 0 aliphatic heterocycles. The van der Waals surface area contributed by atoms with Crippen molar-refractivity contribution in [1.29, 1.82) is 0 Å². The highest BCUT2D eigenvalue weighted by atomic mass is 32.1. The summed E-state index contributed by atoms with van der Waals surface area (Å²) in [5.41, 5.74) is 2.07. The Morgan fingerprint density at radius 1 is 1.50 bits per heavy atom. The molecule has 0 aliphatic rings. The van der Waals surface area contributed by atoms with Gasteiger partial charge in [-0.25, -0.2) is 0 Å². The van der Waals surface area contributed by atoms with E-state index in [4.69, 9.17) is 0 Å². The number of nitrogens with zero attached hydrogens (tertiary/aromatic N) is 3. The number of aromatic nitrogens is 4. The summed E-state index contributed by atoms with van der Waals surface area (Å²) in [6.45, 7) is 4.74. The summed E-state index contributed by atoms with van der Waals surface area (Å²) in [5.74, 6) is -0.211. The van der Waals surface area contributed by atoms with Crippen molar-refractivity contribution in [3.8, 4) is 10.6 Å². The maximum atomic E-state index is 12.3. The number of nitrogens with one attached hydrogen (secondary N) is 2. The van der Waals surface area contributed by atoms with Gasteiger partial charge in [-0.3, -0.25) is 14.6 Å². The van der Waals surface area contributed by atoms with E-state index < -0.39 is 0 Å². The molecule has 6 nitrogen and oxygen atoms in total. The largest absolute Gasteiger partial charge is 0.342 e. The Morgan fingerprint density at radius 2 is 2.36 bits per heavy atom. The molecular formula is C15H17N5OS. The van der Waals surface area contributed by atoms with Gasteiger partial charge in [-0.05, 0) is 37.4 Å². The molecule has 0 aromatic carbocycles. The minimum Gasteiger partial charge on any atom is -0.342 e. The molecule has 0 spiro atoms. The van der Waals surface area contributed by atoms with Crippen LogP contribution in [0.4, 0.5) is 0 Å². The lowest BCUT2D eigenvalue weighted by Gasteiger charge is -2.10. The fourth-order valence-electron chi connectivity index (χ4n) is 2.13. The molecule has 3 rings (SSSR count). The molecule has 2 N–H and O–H groups in total. The topological polar surface area (TPSA) is 75.6 Å². The van der Waals surface area contributed by atoms with Crippen LogP contribution < -0.4 is 5.32 Å². The summed E-state index contributed by atoms with van der Waals surface area (Å²) in [4.78, 5) is 13.3. The average molecular weight is 315 g/mol. The summed E-state index contributed by atoms with van der Waals surface area (Å²) >= 11 is 1.60. The van der Waals surface area contributed by atoms with Crippen molar-refractivity contribution in [2.45, 2.75) is 26.4 Å². The van der Waals surface area contributed by atoms with Gasteiger partial charge in [0.25, 0.3) is 5.91 Å². The lowest BCUT2D eigenvalue weighted by molar-refractivity contribution is 0.0934.